The summed E-state index contributed by atoms with van der Waals surface area (Å²) in [6, 6.07) is 5.09. The van der Waals surface area contributed by atoms with Gasteiger partial charge in [0.15, 0.2) is 11.6 Å². The van der Waals surface area contributed by atoms with Crippen LogP contribution < -0.4 is 10.1 Å². The number of hydrogen-bond donors (Lipinski definition) is 1. The Balaban J connectivity index is 2.80. The van der Waals surface area contributed by atoms with Crippen LogP contribution in [0.2, 0.25) is 0 Å². The van der Waals surface area contributed by atoms with Crippen LogP contribution in [0.15, 0.2) is 18.2 Å². The Kier molecular flexibility index (Phi) is 5.38. The molecule has 1 rings (SSSR count). The third-order valence-corrected chi connectivity index (χ3v) is 2.68. The Bertz CT molecular complexity index is 355. The highest BCUT2D eigenvalue weighted by Gasteiger charge is 2.14. The summed E-state index contributed by atoms with van der Waals surface area (Å²) < 4.78 is 19.2. The molecule has 0 aliphatic carbocycles. The van der Waals surface area contributed by atoms with Crippen LogP contribution in [0.1, 0.15) is 18.5 Å². The van der Waals surface area contributed by atoms with Crippen molar-refractivity contribution >= 4 is 0 Å². The molecule has 1 aromatic carbocycles. The van der Waals surface area contributed by atoms with Gasteiger partial charge in [-0.05, 0) is 34.1 Å². The minimum absolute atomic E-state index is 0.0695. The summed E-state index contributed by atoms with van der Waals surface area (Å²) in [7, 11) is 5.77. The first-order valence-electron chi connectivity index (χ1n) is 5.79. The molecule has 0 aromatic heterocycles. The summed E-state index contributed by atoms with van der Waals surface area (Å²) in [5.74, 6) is 0.0551. The summed E-state index contributed by atoms with van der Waals surface area (Å²) in [5, 5.41) is 3.09. The minimum Gasteiger partial charge on any atom is -0.489 e. The predicted molar refractivity (Wildman–Crippen MR) is 67.9 cm³/mol. The van der Waals surface area contributed by atoms with E-state index in [1.807, 2.05) is 39.0 Å². The summed E-state index contributed by atoms with van der Waals surface area (Å²) in [6.07, 6.45) is 0. The first-order valence-corrected chi connectivity index (χ1v) is 5.79. The molecule has 96 valence electrons. The number of benzene rings is 1. The van der Waals surface area contributed by atoms with Crippen LogP contribution in [-0.4, -0.2) is 39.2 Å². The summed E-state index contributed by atoms with van der Waals surface area (Å²) in [5.41, 5.74) is 0.853. The van der Waals surface area contributed by atoms with E-state index in [1.165, 1.54) is 6.07 Å². The third-order valence-electron chi connectivity index (χ3n) is 2.68. The second kappa shape index (κ2) is 6.57. The Morgan fingerprint density at radius 2 is 2.12 bits per heavy atom. The van der Waals surface area contributed by atoms with Crippen molar-refractivity contribution in [2.24, 2.45) is 0 Å². The first kappa shape index (κ1) is 13.9. The lowest BCUT2D eigenvalue weighted by molar-refractivity contribution is 0.249. The molecule has 0 radical (unpaired) electrons. The van der Waals surface area contributed by atoms with Crippen LogP contribution in [0, 0.1) is 5.82 Å². The molecular formula is C13H21FN2O. The van der Waals surface area contributed by atoms with E-state index in [0.29, 0.717) is 12.4 Å². The molecule has 0 saturated heterocycles. The van der Waals surface area contributed by atoms with E-state index >= 15 is 0 Å². The number of rotatable bonds is 6. The highest BCUT2D eigenvalue weighted by atomic mass is 19.1. The fraction of sp³-hybridized carbons (Fsp3) is 0.538. The van der Waals surface area contributed by atoms with E-state index in [0.717, 1.165) is 12.1 Å². The molecule has 4 heteroatoms. The Morgan fingerprint density at radius 3 is 2.71 bits per heavy atom. The van der Waals surface area contributed by atoms with Gasteiger partial charge in [0, 0.05) is 18.2 Å². The van der Waals surface area contributed by atoms with Crippen molar-refractivity contribution in [3.63, 3.8) is 0 Å². The normalized spacial score (nSPS) is 12.8. The van der Waals surface area contributed by atoms with Crippen LogP contribution in [0.3, 0.4) is 0 Å². The highest BCUT2D eigenvalue weighted by molar-refractivity contribution is 5.37. The van der Waals surface area contributed by atoms with Crippen molar-refractivity contribution in [1.82, 2.24) is 10.2 Å². The molecule has 3 nitrogen and oxygen atoms in total. The molecule has 0 spiro atoms. The van der Waals surface area contributed by atoms with Gasteiger partial charge in [-0.2, -0.15) is 0 Å². The zero-order valence-electron chi connectivity index (χ0n) is 11.0. The van der Waals surface area contributed by atoms with Crippen molar-refractivity contribution in [3.8, 4) is 5.75 Å². The fourth-order valence-electron chi connectivity index (χ4n) is 1.50. The average molecular weight is 240 g/mol. The van der Waals surface area contributed by atoms with Crippen LogP contribution in [0.5, 0.6) is 5.75 Å². The van der Waals surface area contributed by atoms with Gasteiger partial charge in [-0.15, -0.1) is 0 Å². The van der Waals surface area contributed by atoms with Gasteiger partial charge in [0.2, 0.25) is 0 Å². The van der Waals surface area contributed by atoms with Crippen molar-refractivity contribution in [1.29, 1.82) is 0 Å². The quantitative estimate of drug-likeness (QED) is 0.823. The number of nitrogens with zero attached hydrogens (tertiary/aromatic N) is 1. The van der Waals surface area contributed by atoms with Crippen molar-refractivity contribution < 1.29 is 9.13 Å². The number of hydrogen-bond acceptors (Lipinski definition) is 3. The molecule has 1 atom stereocenters. The molecule has 1 aromatic rings. The molecule has 0 fully saturated rings. The van der Waals surface area contributed by atoms with Gasteiger partial charge in [-0.3, -0.25) is 0 Å². The zero-order valence-corrected chi connectivity index (χ0v) is 11.0. The zero-order chi connectivity index (χ0) is 12.8. The highest BCUT2D eigenvalue weighted by Crippen LogP contribution is 2.27. The van der Waals surface area contributed by atoms with Gasteiger partial charge in [0.25, 0.3) is 0 Å². The van der Waals surface area contributed by atoms with Crippen molar-refractivity contribution in [2.75, 3.05) is 34.3 Å². The van der Waals surface area contributed by atoms with Crippen LogP contribution >= 0.6 is 0 Å². The maximum absolute atomic E-state index is 13.7. The minimum atomic E-state index is -0.302. The lowest BCUT2D eigenvalue weighted by Gasteiger charge is -2.18. The summed E-state index contributed by atoms with van der Waals surface area (Å²) in [4.78, 5) is 2.00. The van der Waals surface area contributed by atoms with Gasteiger partial charge >= 0.3 is 0 Å². The third kappa shape index (κ3) is 3.98. The molecule has 0 aliphatic rings. The number of ether oxygens (including phenoxy) is 1. The Morgan fingerprint density at radius 1 is 1.41 bits per heavy atom. The van der Waals surface area contributed by atoms with Gasteiger partial charge in [-0.25, -0.2) is 4.39 Å². The standard InChI is InChI=1S/C13H21FN2O/c1-10(15-2)11-6-5-7-12(14)13(11)17-9-8-16(3)4/h5-7,10,15H,8-9H2,1-4H3. The lowest BCUT2D eigenvalue weighted by atomic mass is 10.1. The topological polar surface area (TPSA) is 24.5 Å². The number of para-hydroxylation sites is 1. The van der Waals surface area contributed by atoms with E-state index < -0.39 is 0 Å². The van der Waals surface area contributed by atoms with E-state index in [9.17, 15) is 4.39 Å². The Labute approximate surface area is 103 Å². The van der Waals surface area contributed by atoms with Gasteiger partial charge < -0.3 is 15.0 Å². The maximum atomic E-state index is 13.7. The largest absolute Gasteiger partial charge is 0.489 e. The second-order valence-corrected chi connectivity index (χ2v) is 4.32. The van der Waals surface area contributed by atoms with E-state index in [4.69, 9.17) is 4.74 Å². The van der Waals surface area contributed by atoms with Crippen LogP contribution in [0.25, 0.3) is 0 Å². The van der Waals surface area contributed by atoms with E-state index in [2.05, 4.69) is 5.32 Å². The van der Waals surface area contributed by atoms with Crippen LogP contribution in [-0.2, 0) is 0 Å². The molecule has 0 saturated carbocycles. The van der Waals surface area contributed by atoms with E-state index in [1.54, 1.807) is 6.07 Å². The van der Waals surface area contributed by atoms with Gasteiger partial charge in [-0.1, -0.05) is 12.1 Å². The van der Waals surface area contributed by atoms with Crippen LogP contribution in [0.4, 0.5) is 4.39 Å². The lowest BCUT2D eigenvalue weighted by Crippen LogP contribution is -2.21. The molecule has 0 amide bonds. The number of likely N-dealkylation sites (N-methyl/N-ethyl adjacent to an activating group) is 1. The molecule has 0 bridgehead atoms. The number of nitrogens with one attached hydrogen (secondary N) is 1. The SMILES string of the molecule is CNC(C)c1cccc(F)c1OCCN(C)C. The molecule has 0 heterocycles. The second-order valence-electron chi connectivity index (χ2n) is 4.32. The average Bonchev–Trinajstić information content (AvgIpc) is 2.29. The smallest absolute Gasteiger partial charge is 0.165 e. The molecular weight excluding hydrogens is 219 g/mol. The Hall–Kier alpha value is -1.13. The molecule has 1 unspecified atom stereocenters. The van der Waals surface area contributed by atoms with Gasteiger partial charge in [0.05, 0.1) is 0 Å². The monoisotopic (exact) mass is 240 g/mol. The van der Waals surface area contributed by atoms with Crippen molar-refractivity contribution in [2.45, 2.75) is 13.0 Å². The summed E-state index contributed by atoms with van der Waals surface area (Å²) >= 11 is 0. The fourth-order valence-corrected chi connectivity index (χ4v) is 1.50. The maximum Gasteiger partial charge on any atom is 0.165 e. The first-order chi connectivity index (χ1) is 8.06. The van der Waals surface area contributed by atoms with Gasteiger partial charge in [0.1, 0.15) is 6.61 Å². The molecule has 1 N–H and O–H groups in total. The predicted octanol–water partition coefficient (Wildman–Crippen LogP) is 2.05. The molecule has 17 heavy (non-hydrogen) atoms. The molecule has 0 aliphatic heterocycles. The number of halogens is 1. The van der Waals surface area contributed by atoms with E-state index in [-0.39, 0.29) is 11.9 Å². The van der Waals surface area contributed by atoms with Crippen molar-refractivity contribution in [3.05, 3.63) is 29.6 Å². The summed E-state index contributed by atoms with van der Waals surface area (Å²) in [6.45, 7) is 3.23.